The predicted molar refractivity (Wildman–Crippen MR) is 96.6 cm³/mol. The van der Waals surface area contributed by atoms with E-state index in [2.05, 4.69) is 9.97 Å². The maximum Gasteiger partial charge on any atom is 0.277 e. The zero-order chi connectivity index (χ0) is 17.5. The average molecular weight is 333 g/mol. The second-order valence-electron chi connectivity index (χ2n) is 5.40. The molecule has 0 unspecified atom stereocenters. The molecular weight excluding hydrogens is 314 g/mol. The van der Waals surface area contributed by atoms with Crippen LogP contribution < -0.4 is 9.64 Å². The van der Waals surface area contributed by atoms with Crippen LogP contribution in [0, 0.1) is 0 Å². The summed E-state index contributed by atoms with van der Waals surface area (Å²) in [6.07, 6.45) is 1.35. The van der Waals surface area contributed by atoms with Crippen LogP contribution >= 0.6 is 0 Å². The lowest BCUT2D eigenvalue weighted by molar-refractivity contribution is 0.0982. The molecule has 0 atom stereocenters. The zero-order valence-corrected chi connectivity index (χ0v) is 14.0. The number of amides is 1. The first kappa shape index (κ1) is 16.6. The summed E-state index contributed by atoms with van der Waals surface area (Å²) in [4.78, 5) is 22.6. The molecule has 0 aliphatic carbocycles. The van der Waals surface area contributed by atoms with E-state index in [1.54, 1.807) is 11.0 Å². The highest BCUT2D eigenvalue weighted by atomic mass is 16.5. The monoisotopic (exact) mass is 333 g/mol. The summed E-state index contributed by atoms with van der Waals surface area (Å²) in [5, 5.41) is 0. The number of rotatable bonds is 6. The number of anilines is 1. The van der Waals surface area contributed by atoms with Crippen LogP contribution in [0.3, 0.4) is 0 Å². The maximum atomic E-state index is 12.8. The van der Waals surface area contributed by atoms with E-state index in [-0.39, 0.29) is 5.91 Å². The Labute approximate surface area is 146 Å². The Morgan fingerprint density at radius 1 is 1.00 bits per heavy atom. The van der Waals surface area contributed by atoms with E-state index in [0.717, 1.165) is 11.3 Å². The van der Waals surface area contributed by atoms with Gasteiger partial charge in [0.2, 0.25) is 5.88 Å². The molecule has 1 amide bonds. The van der Waals surface area contributed by atoms with Gasteiger partial charge in [-0.3, -0.25) is 4.79 Å². The molecule has 1 heterocycles. The molecule has 0 saturated heterocycles. The fourth-order valence-electron chi connectivity index (χ4n) is 2.46. The number of para-hydroxylation sites is 1. The van der Waals surface area contributed by atoms with E-state index in [0.29, 0.717) is 24.7 Å². The van der Waals surface area contributed by atoms with Crippen molar-refractivity contribution in [2.45, 2.75) is 13.5 Å². The number of carbonyl (C=O) groups is 1. The van der Waals surface area contributed by atoms with Gasteiger partial charge in [0.25, 0.3) is 5.91 Å². The van der Waals surface area contributed by atoms with Gasteiger partial charge in [-0.1, -0.05) is 48.5 Å². The molecular formula is C20H19N3O2. The first-order chi connectivity index (χ1) is 12.3. The van der Waals surface area contributed by atoms with Gasteiger partial charge in [-0.15, -0.1) is 0 Å². The summed E-state index contributed by atoms with van der Waals surface area (Å²) in [6, 6.07) is 20.9. The lowest BCUT2D eigenvalue weighted by Crippen LogP contribution is -2.31. The van der Waals surface area contributed by atoms with Crippen molar-refractivity contribution in [2.24, 2.45) is 0 Å². The topological polar surface area (TPSA) is 55.3 Å². The van der Waals surface area contributed by atoms with Gasteiger partial charge in [-0.25, -0.2) is 9.97 Å². The third-order valence-corrected chi connectivity index (χ3v) is 3.72. The summed E-state index contributed by atoms with van der Waals surface area (Å²) in [7, 11) is 0. The summed E-state index contributed by atoms with van der Waals surface area (Å²) in [6.45, 7) is 2.87. The van der Waals surface area contributed by atoms with Crippen molar-refractivity contribution in [2.75, 3.05) is 11.4 Å². The van der Waals surface area contributed by atoms with Crippen LogP contribution in [0.1, 0.15) is 23.0 Å². The van der Waals surface area contributed by atoms with Crippen LogP contribution in [-0.2, 0) is 6.61 Å². The second kappa shape index (κ2) is 8.06. The zero-order valence-electron chi connectivity index (χ0n) is 14.0. The van der Waals surface area contributed by atoms with E-state index in [1.165, 1.54) is 6.33 Å². The fraction of sp³-hybridized carbons (Fsp3) is 0.150. The molecule has 3 aromatic rings. The highest BCUT2D eigenvalue weighted by Crippen LogP contribution is 2.17. The van der Waals surface area contributed by atoms with Gasteiger partial charge in [0.15, 0.2) is 0 Å². The van der Waals surface area contributed by atoms with Gasteiger partial charge in [0.1, 0.15) is 18.6 Å². The number of benzene rings is 2. The molecule has 0 radical (unpaired) electrons. The Kier molecular flexibility index (Phi) is 5.36. The van der Waals surface area contributed by atoms with Gasteiger partial charge >= 0.3 is 0 Å². The molecule has 1 aromatic heterocycles. The molecule has 0 bridgehead atoms. The quantitative estimate of drug-likeness (QED) is 0.690. The first-order valence-electron chi connectivity index (χ1n) is 8.13. The van der Waals surface area contributed by atoms with Crippen molar-refractivity contribution < 1.29 is 9.53 Å². The third-order valence-electron chi connectivity index (χ3n) is 3.72. The summed E-state index contributed by atoms with van der Waals surface area (Å²) in [5.74, 6) is 0.201. The number of carbonyl (C=O) groups excluding carboxylic acids is 1. The van der Waals surface area contributed by atoms with Crippen LogP contribution in [0.4, 0.5) is 5.69 Å². The normalized spacial score (nSPS) is 10.3. The molecule has 5 nitrogen and oxygen atoms in total. The molecule has 0 aliphatic heterocycles. The van der Waals surface area contributed by atoms with Gasteiger partial charge in [-0.2, -0.15) is 0 Å². The molecule has 0 aliphatic rings. The van der Waals surface area contributed by atoms with Crippen LogP contribution in [0.25, 0.3) is 0 Å². The first-order valence-corrected chi connectivity index (χ1v) is 8.13. The SMILES string of the molecule is CCN(C(=O)c1cc(OCc2ccccc2)ncn1)c1ccccc1. The third kappa shape index (κ3) is 4.20. The number of nitrogens with zero attached hydrogens (tertiary/aromatic N) is 3. The minimum Gasteiger partial charge on any atom is -0.473 e. The van der Waals surface area contributed by atoms with Gasteiger partial charge in [0.05, 0.1) is 0 Å². The number of hydrogen-bond acceptors (Lipinski definition) is 4. The Morgan fingerprint density at radius 3 is 2.36 bits per heavy atom. The molecule has 3 rings (SSSR count). The molecule has 5 heteroatoms. The number of ether oxygens (including phenoxy) is 1. The molecule has 0 N–H and O–H groups in total. The van der Waals surface area contributed by atoms with Crippen LogP contribution in [0.5, 0.6) is 5.88 Å². The lowest BCUT2D eigenvalue weighted by atomic mass is 10.2. The number of hydrogen-bond donors (Lipinski definition) is 0. The summed E-state index contributed by atoms with van der Waals surface area (Å²) >= 11 is 0. The van der Waals surface area contributed by atoms with Gasteiger partial charge in [0, 0.05) is 18.3 Å². The summed E-state index contributed by atoms with van der Waals surface area (Å²) < 4.78 is 5.68. The van der Waals surface area contributed by atoms with Crippen molar-refractivity contribution >= 4 is 11.6 Å². The van der Waals surface area contributed by atoms with E-state index < -0.39 is 0 Å². The second-order valence-corrected chi connectivity index (χ2v) is 5.40. The van der Waals surface area contributed by atoms with Crippen LogP contribution in [0.2, 0.25) is 0 Å². The molecule has 0 saturated carbocycles. The fourth-order valence-corrected chi connectivity index (χ4v) is 2.46. The Morgan fingerprint density at radius 2 is 1.68 bits per heavy atom. The van der Waals surface area contributed by atoms with Crippen molar-refractivity contribution in [3.05, 3.63) is 84.3 Å². The largest absolute Gasteiger partial charge is 0.473 e. The van der Waals surface area contributed by atoms with E-state index in [4.69, 9.17) is 4.74 Å². The molecule has 126 valence electrons. The average Bonchev–Trinajstić information content (AvgIpc) is 2.69. The minimum atomic E-state index is -0.180. The Bertz CT molecular complexity index is 823. The van der Waals surface area contributed by atoms with Crippen molar-refractivity contribution in [3.8, 4) is 5.88 Å². The molecule has 0 fully saturated rings. The van der Waals surface area contributed by atoms with Crippen molar-refractivity contribution in [1.82, 2.24) is 9.97 Å². The Balaban J connectivity index is 1.75. The highest BCUT2D eigenvalue weighted by molar-refractivity contribution is 6.04. The van der Waals surface area contributed by atoms with Gasteiger partial charge < -0.3 is 9.64 Å². The molecule has 25 heavy (non-hydrogen) atoms. The van der Waals surface area contributed by atoms with Crippen molar-refractivity contribution in [1.29, 1.82) is 0 Å². The highest BCUT2D eigenvalue weighted by Gasteiger charge is 2.18. The van der Waals surface area contributed by atoms with E-state index >= 15 is 0 Å². The number of aromatic nitrogens is 2. The molecule has 0 spiro atoms. The maximum absolute atomic E-state index is 12.8. The van der Waals surface area contributed by atoms with E-state index in [9.17, 15) is 4.79 Å². The van der Waals surface area contributed by atoms with Crippen molar-refractivity contribution in [3.63, 3.8) is 0 Å². The smallest absolute Gasteiger partial charge is 0.277 e. The predicted octanol–water partition coefficient (Wildman–Crippen LogP) is 3.72. The minimum absolute atomic E-state index is 0.180. The van der Waals surface area contributed by atoms with E-state index in [1.807, 2.05) is 67.6 Å². The lowest BCUT2D eigenvalue weighted by Gasteiger charge is -2.20. The Hall–Kier alpha value is -3.21. The van der Waals surface area contributed by atoms with Gasteiger partial charge in [-0.05, 0) is 24.6 Å². The standard InChI is InChI=1S/C20H19N3O2/c1-2-23(17-11-7-4-8-12-17)20(24)18-13-19(22-15-21-18)25-14-16-9-5-3-6-10-16/h3-13,15H,2,14H2,1H3. The van der Waals surface area contributed by atoms with Crippen LogP contribution in [0.15, 0.2) is 73.1 Å². The molecule has 2 aromatic carbocycles. The van der Waals surface area contributed by atoms with Crippen LogP contribution in [-0.4, -0.2) is 22.4 Å². The summed E-state index contributed by atoms with van der Waals surface area (Å²) in [5.41, 5.74) is 2.18.